The standard InChI is InChI=1S/C9H9BrNO3S/c1-2-15(13,14)11-9(12)7-5-3-4-6-8(7)10/h3-6H,2H2,1H3. The number of amides is 1. The number of nitrogens with zero attached hydrogens (tertiary/aromatic N) is 1. The Hall–Kier alpha value is -0.880. The van der Waals surface area contributed by atoms with Gasteiger partial charge < -0.3 is 0 Å². The largest absolute Gasteiger partial charge is 0.288 e. The molecule has 1 aromatic carbocycles. The Balaban J connectivity index is 2.93. The Labute approximate surface area is 96.9 Å². The van der Waals surface area contributed by atoms with E-state index in [1.165, 1.54) is 13.0 Å². The van der Waals surface area contributed by atoms with E-state index in [-0.39, 0.29) is 11.3 Å². The zero-order valence-corrected chi connectivity index (χ0v) is 10.4. The first-order valence-electron chi connectivity index (χ1n) is 4.21. The van der Waals surface area contributed by atoms with Crippen LogP contribution in [-0.2, 0) is 10.0 Å². The normalized spacial score (nSPS) is 11.1. The summed E-state index contributed by atoms with van der Waals surface area (Å²) in [6.45, 7) is 1.44. The van der Waals surface area contributed by atoms with Crippen molar-refractivity contribution in [3.63, 3.8) is 0 Å². The van der Waals surface area contributed by atoms with Gasteiger partial charge in [-0.25, -0.2) is 8.42 Å². The van der Waals surface area contributed by atoms with Crippen molar-refractivity contribution in [1.82, 2.24) is 4.72 Å². The molecule has 6 heteroatoms. The summed E-state index contributed by atoms with van der Waals surface area (Å²) in [5.41, 5.74) is 0.245. The second-order valence-electron chi connectivity index (χ2n) is 2.75. The first-order valence-corrected chi connectivity index (χ1v) is 6.61. The van der Waals surface area contributed by atoms with Crippen molar-refractivity contribution in [3.05, 3.63) is 34.3 Å². The minimum atomic E-state index is -3.63. The van der Waals surface area contributed by atoms with Gasteiger partial charge in [-0.15, -0.1) is 4.72 Å². The van der Waals surface area contributed by atoms with Gasteiger partial charge in [-0.1, -0.05) is 12.1 Å². The van der Waals surface area contributed by atoms with Crippen molar-refractivity contribution in [2.45, 2.75) is 6.92 Å². The number of sulfonamides is 1. The molecular formula is C9H9BrNO3S. The Bertz CT molecular complexity index is 470. The Morgan fingerprint density at radius 1 is 1.40 bits per heavy atom. The van der Waals surface area contributed by atoms with Crippen LogP contribution in [0.4, 0.5) is 0 Å². The van der Waals surface area contributed by atoms with Crippen molar-refractivity contribution >= 4 is 31.9 Å². The van der Waals surface area contributed by atoms with Gasteiger partial charge in [-0.05, 0) is 35.0 Å². The Morgan fingerprint density at radius 3 is 2.53 bits per heavy atom. The maximum Gasteiger partial charge on any atom is 0.288 e. The summed E-state index contributed by atoms with van der Waals surface area (Å²) in [4.78, 5) is 11.5. The predicted molar refractivity (Wildman–Crippen MR) is 60.1 cm³/mol. The topological polar surface area (TPSA) is 65.3 Å². The van der Waals surface area contributed by atoms with Crippen LogP contribution in [0, 0.1) is 0 Å². The zero-order chi connectivity index (χ0) is 11.5. The van der Waals surface area contributed by atoms with E-state index in [4.69, 9.17) is 0 Å². The first-order chi connectivity index (χ1) is 6.96. The van der Waals surface area contributed by atoms with Gasteiger partial charge >= 0.3 is 0 Å². The van der Waals surface area contributed by atoms with Crippen LogP contribution in [0.5, 0.6) is 0 Å². The van der Waals surface area contributed by atoms with E-state index in [2.05, 4.69) is 20.7 Å². The van der Waals surface area contributed by atoms with Crippen molar-refractivity contribution in [1.29, 1.82) is 0 Å². The molecule has 4 nitrogen and oxygen atoms in total. The molecular weight excluding hydrogens is 282 g/mol. The molecule has 0 N–H and O–H groups in total. The highest BCUT2D eigenvalue weighted by Gasteiger charge is 2.18. The van der Waals surface area contributed by atoms with Gasteiger partial charge in [0.2, 0.25) is 0 Å². The van der Waals surface area contributed by atoms with E-state index < -0.39 is 15.9 Å². The molecule has 1 rings (SSSR count). The SMILES string of the molecule is CCS(=O)(=O)[N]C(=O)c1ccccc1Br. The molecule has 0 aromatic heterocycles. The van der Waals surface area contributed by atoms with Crippen LogP contribution < -0.4 is 4.72 Å². The van der Waals surface area contributed by atoms with Gasteiger partial charge in [0.1, 0.15) is 0 Å². The lowest BCUT2D eigenvalue weighted by Gasteiger charge is -2.02. The van der Waals surface area contributed by atoms with E-state index in [0.717, 1.165) is 0 Å². The van der Waals surface area contributed by atoms with Crippen LogP contribution in [0.15, 0.2) is 28.7 Å². The highest BCUT2D eigenvalue weighted by atomic mass is 79.9. The molecule has 0 saturated heterocycles. The lowest BCUT2D eigenvalue weighted by molar-refractivity contribution is 0.0977. The number of benzene rings is 1. The predicted octanol–water partition coefficient (Wildman–Crippen LogP) is 1.54. The number of carbonyl (C=O) groups is 1. The summed E-state index contributed by atoms with van der Waals surface area (Å²) in [6, 6.07) is 6.55. The monoisotopic (exact) mass is 290 g/mol. The Kier molecular flexibility index (Phi) is 3.87. The summed E-state index contributed by atoms with van der Waals surface area (Å²) < 4.78 is 25.9. The number of halogens is 1. The van der Waals surface area contributed by atoms with E-state index in [9.17, 15) is 13.2 Å². The van der Waals surface area contributed by atoms with E-state index >= 15 is 0 Å². The Morgan fingerprint density at radius 2 is 2.00 bits per heavy atom. The minimum absolute atomic E-state index is 0.177. The molecule has 1 amide bonds. The third kappa shape index (κ3) is 3.32. The second kappa shape index (κ2) is 4.76. The molecule has 81 valence electrons. The molecule has 0 saturated carbocycles. The molecule has 0 aliphatic rings. The van der Waals surface area contributed by atoms with Crippen molar-refractivity contribution in [2.75, 3.05) is 5.75 Å². The molecule has 0 fully saturated rings. The highest BCUT2D eigenvalue weighted by Crippen LogP contribution is 2.16. The van der Waals surface area contributed by atoms with Crippen LogP contribution in [0.3, 0.4) is 0 Å². The number of carbonyl (C=O) groups excluding carboxylic acids is 1. The summed E-state index contributed by atoms with van der Waals surface area (Å²) in [5.74, 6) is -0.923. The van der Waals surface area contributed by atoms with Gasteiger partial charge in [0.05, 0.1) is 11.3 Å². The van der Waals surface area contributed by atoms with E-state index in [0.29, 0.717) is 4.47 Å². The van der Waals surface area contributed by atoms with Gasteiger partial charge in [0.25, 0.3) is 15.9 Å². The first kappa shape index (κ1) is 12.2. The number of hydrogen-bond acceptors (Lipinski definition) is 3. The number of hydrogen-bond donors (Lipinski definition) is 0. The summed E-state index contributed by atoms with van der Waals surface area (Å²) in [7, 11) is -3.63. The second-order valence-corrected chi connectivity index (χ2v) is 5.52. The van der Waals surface area contributed by atoms with Crippen molar-refractivity contribution in [2.24, 2.45) is 0 Å². The van der Waals surface area contributed by atoms with Crippen LogP contribution in [0.1, 0.15) is 17.3 Å². The van der Waals surface area contributed by atoms with Gasteiger partial charge in [0.15, 0.2) is 0 Å². The average Bonchev–Trinajstić information content (AvgIpc) is 2.17. The molecule has 1 radical (unpaired) electrons. The van der Waals surface area contributed by atoms with Crippen LogP contribution in [0.2, 0.25) is 0 Å². The molecule has 1 aromatic rings. The average molecular weight is 291 g/mol. The van der Waals surface area contributed by atoms with Crippen LogP contribution >= 0.6 is 15.9 Å². The van der Waals surface area contributed by atoms with Crippen LogP contribution in [-0.4, -0.2) is 20.1 Å². The minimum Gasteiger partial charge on any atom is -0.266 e. The number of rotatable bonds is 3. The maximum atomic E-state index is 11.5. The van der Waals surface area contributed by atoms with Gasteiger partial charge in [0, 0.05) is 4.47 Å². The smallest absolute Gasteiger partial charge is 0.266 e. The van der Waals surface area contributed by atoms with E-state index in [1.807, 2.05) is 0 Å². The highest BCUT2D eigenvalue weighted by molar-refractivity contribution is 9.10. The van der Waals surface area contributed by atoms with Crippen molar-refractivity contribution in [3.8, 4) is 0 Å². The third-order valence-electron chi connectivity index (χ3n) is 1.69. The van der Waals surface area contributed by atoms with Crippen molar-refractivity contribution < 1.29 is 13.2 Å². The van der Waals surface area contributed by atoms with Gasteiger partial charge in [-0.2, -0.15) is 0 Å². The maximum absolute atomic E-state index is 11.5. The summed E-state index contributed by atoms with van der Waals surface area (Å²) in [6.07, 6.45) is 0. The third-order valence-corrected chi connectivity index (χ3v) is 3.56. The summed E-state index contributed by atoms with van der Waals surface area (Å²) >= 11 is 3.15. The summed E-state index contributed by atoms with van der Waals surface area (Å²) in [5, 5.41) is 0. The molecule has 0 spiro atoms. The molecule has 15 heavy (non-hydrogen) atoms. The molecule has 0 aliphatic heterocycles. The zero-order valence-electron chi connectivity index (χ0n) is 7.97. The quantitative estimate of drug-likeness (QED) is 0.848. The molecule has 0 aliphatic carbocycles. The van der Waals surface area contributed by atoms with Gasteiger partial charge in [-0.3, -0.25) is 4.79 Å². The fourth-order valence-electron chi connectivity index (χ4n) is 0.875. The molecule has 0 atom stereocenters. The lowest BCUT2D eigenvalue weighted by Crippen LogP contribution is -2.25. The lowest BCUT2D eigenvalue weighted by atomic mass is 10.2. The fraction of sp³-hybridized carbons (Fsp3) is 0.222. The molecule has 0 unspecified atom stereocenters. The molecule has 0 heterocycles. The molecule has 0 bridgehead atoms. The van der Waals surface area contributed by atoms with E-state index in [1.54, 1.807) is 18.2 Å². The fourth-order valence-corrected chi connectivity index (χ4v) is 1.81. The van der Waals surface area contributed by atoms with Crippen LogP contribution in [0.25, 0.3) is 0 Å².